The van der Waals surface area contributed by atoms with Crippen molar-refractivity contribution in [2.24, 2.45) is 0 Å². The average Bonchev–Trinajstić information content (AvgIpc) is 3.25. The summed E-state index contributed by atoms with van der Waals surface area (Å²) >= 11 is 6.26. The van der Waals surface area contributed by atoms with Crippen molar-refractivity contribution in [1.82, 2.24) is 0 Å². The molecule has 3 aromatic carbocycles. The molecule has 2 N–H and O–H groups in total. The molecule has 0 aliphatic carbocycles. The van der Waals surface area contributed by atoms with E-state index in [1.54, 1.807) is 37.3 Å². The number of hydrogen-bond donors (Lipinski definition) is 2. The maximum Gasteiger partial charge on any atom is 0.265 e. The van der Waals surface area contributed by atoms with E-state index in [4.69, 9.17) is 16.3 Å². The van der Waals surface area contributed by atoms with Crippen LogP contribution in [0.1, 0.15) is 22.8 Å². The molecule has 2 aliphatic heterocycles. The monoisotopic (exact) mass is 497 g/mol. The maximum absolute atomic E-state index is 13.4. The van der Waals surface area contributed by atoms with E-state index < -0.39 is 22.0 Å². The third-order valence-electron chi connectivity index (χ3n) is 5.77. The number of hydrogen-bond acceptors (Lipinski definition) is 5. The van der Waals surface area contributed by atoms with Gasteiger partial charge in [-0.1, -0.05) is 29.8 Å². The van der Waals surface area contributed by atoms with E-state index in [9.17, 15) is 18.0 Å². The summed E-state index contributed by atoms with van der Waals surface area (Å²) in [4.78, 5) is 24.7. The van der Waals surface area contributed by atoms with Crippen LogP contribution in [0.2, 0.25) is 5.02 Å². The molecule has 2 heterocycles. The van der Waals surface area contributed by atoms with E-state index in [0.717, 1.165) is 5.56 Å². The van der Waals surface area contributed by atoms with Gasteiger partial charge in [-0.15, -0.1) is 0 Å². The largest absolute Gasteiger partial charge is 0.479 e. The zero-order chi connectivity index (χ0) is 24.0. The van der Waals surface area contributed by atoms with Crippen molar-refractivity contribution in [2.75, 3.05) is 21.5 Å². The summed E-state index contributed by atoms with van der Waals surface area (Å²) in [6.45, 7) is 1.94. The third kappa shape index (κ3) is 3.86. The fourth-order valence-electron chi connectivity index (χ4n) is 4.01. The topological polar surface area (TPSA) is 105 Å². The van der Waals surface area contributed by atoms with E-state index in [0.29, 0.717) is 35.8 Å². The predicted octanol–water partition coefficient (Wildman–Crippen LogP) is 4.06. The standard InChI is InChI=1S/C24H20ClN3O5S/c1-14-23(29)27-19-13-17(7-9-21(19)33-14)26-24(30)16-6-8-18(25)22(12-16)34(31,32)28-11-10-15-4-2-3-5-20(15)28/h2-9,12-14H,10-11H2,1H3,(H,26,30)(H,27,29)/t14-/m0/s1. The number of amides is 2. The first-order valence-electron chi connectivity index (χ1n) is 10.6. The van der Waals surface area contributed by atoms with Crippen LogP contribution in [-0.2, 0) is 21.2 Å². The number of anilines is 3. The van der Waals surface area contributed by atoms with Crippen molar-refractivity contribution >= 4 is 50.5 Å². The van der Waals surface area contributed by atoms with Crippen LogP contribution in [0.15, 0.2) is 65.6 Å². The molecule has 8 nitrogen and oxygen atoms in total. The summed E-state index contributed by atoms with van der Waals surface area (Å²) in [5.74, 6) is -0.311. The van der Waals surface area contributed by atoms with E-state index in [1.165, 1.54) is 22.5 Å². The van der Waals surface area contributed by atoms with Gasteiger partial charge >= 0.3 is 0 Å². The highest BCUT2D eigenvalue weighted by atomic mass is 35.5. The summed E-state index contributed by atoms with van der Waals surface area (Å²) in [5.41, 5.74) is 2.53. The van der Waals surface area contributed by atoms with Gasteiger partial charge in [0.15, 0.2) is 6.10 Å². The van der Waals surface area contributed by atoms with E-state index in [1.807, 2.05) is 12.1 Å². The molecule has 1 atom stereocenters. The third-order valence-corrected chi connectivity index (χ3v) is 8.07. The lowest BCUT2D eigenvalue weighted by Gasteiger charge is -2.23. The second kappa shape index (κ2) is 8.34. The number of sulfonamides is 1. The van der Waals surface area contributed by atoms with Gasteiger partial charge in [0.2, 0.25) is 0 Å². The summed E-state index contributed by atoms with van der Waals surface area (Å²) < 4.78 is 33.7. The SMILES string of the molecule is C[C@@H]1Oc2ccc(NC(=O)c3ccc(Cl)c(S(=O)(=O)N4CCc5ccccc54)c3)cc2NC1=O. The Hall–Kier alpha value is -3.56. The molecule has 174 valence electrons. The molecule has 3 aromatic rings. The molecule has 2 amide bonds. The Morgan fingerprint density at radius 3 is 2.76 bits per heavy atom. The average molecular weight is 498 g/mol. The normalized spacial score (nSPS) is 16.8. The van der Waals surface area contributed by atoms with Crippen LogP contribution in [0.3, 0.4) is 0 Å². The molecule has 2 aliphatic rings. The predicted molar refractivity (Wildman–Crippen MR) is 129 cm³/mol. The van der Waals surface area contributed by atoms with E-state index >= 15 is 0 Å². The van der Waals surface area contributed by atoms with Crippen molar-refractivity contribution in [3.8, 4) is 5.75 Å². The molecular formula is C24H20ClN3O5S. The second-order valence-electron chi connectivity index (χ2n) is 8.02. The number of benzene rings is 3. The minimum absolute atomic E-state index is 0.0312. The highest BCUT2D eigenvalue weighted by molar-refractivity contribution is 7.93. The fourth-order valence-corrected chi connectivity index (χ4v) is 6.01. The van der Waals surface area contributed by atoms with Gasteiger partial charge < -0.3 is 15.4 Å². The Bertz CT molecular complexity index is 1440. The van der Waals surface area contributed by atoms with Crippen molar-refractivity contribution < 1.29 is 22.7 Å². The van der Waals surface area contributed by atoms with Gasteiger partial charge in [-0.3, -0.25) is 13.9 Å². The molecular weight excluding hydrogens is 478 g/mol. The molecule has 10 heteroatoms. The van der Waals surface area contributed by atoms with Crippen LogP contribution in [0.4, 0.5) is 17.1 Å². The van der Waals surface area contributed by atoms with Crippen LogP contribution < -0.4 is 19.7 Å². The molecule has 0 bridgehead atoms. The Labute approximate surface area is 201 Å². The van der Waals surface area contributed by atoms with Gasteiger partial charge in [-0.2, -0.15) is 0 Å². The zero-order valence-corrected chi connectivity index (χ0v) is 19.6. The number of nitrogens with one attached hydrogen (secondary N) is 2. The van der Waals surface area contributed by atoms with Crippen molar-refractivity contribution in [2.45, 2.75) is 24.3 Å². The van der Waals surface area contributed by atoms with Crippen molar-refractivity contribution in [3.63, 3.8) is 0 Å². The number of halogens is 1. The van der Waals surface area contributed by atoms with Gasteiger partial charge in [0.25, 0.3) is 21.8 Å². The van der Waals surface area contributed by atoms with Crippen molar-refractivity contribution in [1.29, 1.82) is 0 Å². The van der Waals surface area contributed by atoms with Gasteiger partial charge in [0, 0.05) is 17.8 Å². The Morgan fingerprint density at radius 2 is 1.94 bits per heavy atom. The zero-order valence-electron chi connectivity index (χ0n) is 18.0. The summed E-state index contributed by atoms with van der Waals surface area (Å²) in [7, 11) is -3.98. The summed E-state index contributed by atoms with van der Waals surface area (Å²) in [6, 6.07) is 16.3. The number of ether oxygens (including phenoxy) is 1. The number of nitrogens with zero attached hydrogens (tertiary/aromatic N) is 1. The first-order valence-corrected chi connectivity index (χ1v) is 12.4. The van der Waals surface area contributed by atoms with Gasteiger partial charge in [-0.05, 0) is 61.4 Å². The number of rotatable bonds is 4. The maximum atomic E-state index is 13.4. The molecule has 0 saturated carbocycles. The lowest BCUT2D eigenvalue weighted by atomic mass is 10.2. The lowest BCUT2D eigenvalue weighted by molar-refractivity contribution is -0.122. The first kappa shape index (κ1) is 22.2. The number of carbonyl (C=O) groups excluding carboxylic acids is 2. The fraction of sp³-hybridized carbons (Fsp3) is 0.167. The van der Waals surface area contributed by atoms with Gasteiger partial charge in [-0.25, -0.2) is 8.42 Å². The van der Waals surface area contributed by atoms with Crippen molar-refractivity contribution in [3.05, 3.63) is 76.8 Å². The van der Waals surface area contributed by atoms with Crippen LogP contribution in [0.25, 0.3) is 0 Å². The van der Waals surface area contributed by atoms with E-state index in [2.05, 4.69) is 10.6 Å². The Morgan fingerprint density at radius 1 is 1.15 bits per heavy atom. The smallest absolute Gasteiger partial charge is 0.265 e. The summed E-state index contributed by atoms with van der Waals surface area (Å²) in [5, 5.41) is 5.47. The molecule has 34 heavy (non-hydrogen) atoms. The molecule has 0 saturated heterocycles. The van der Waals surface area contributed by atoms with Gasteiger partial charge in [0.05, 0.1) is 16.4 Å². The molecule has 0 fully saturated rings. The molecule has 0 aromatic heterocycles. The van der Waals surface area contributed by atoms with E-state index in [-0.39, 0.29) is 21.4 Å². The lowest BCUT2D eigenvalue weighted by Crippen LogP contribution is -2.34. The minimum Gasteiger partial charge on any atom is -0.479 e. The molecule has 0 unspecified atom stereocenters. The highest BCUT2D eigenvalue weighted by Gasteiger charge is 2.32. The van der Waals surface area contributed by atoms with Crippen LogP contribution in [0, 0.1) is 0 Å². The highest BCUT2D eigenvalue weighted by Crippen LogP contribution is 2.36. The van der Waals surface area contributed by atoms with Gasteiger partial charge in [0.1, 0.15) is 10.6 Å². The first-order chi connectivity index (χ1) is 16.2. The Balaban J connectivity index is 1.42. The number of fused-ring (bicyclic) bond motifs is 2. The number of carbonyl (C=O) groups is 2. The Kier molecular flexibility index (Phi) is 5.45. The minimum atomic E-state index is -3.98. The second-order valence-corrected chi connectivity index (χ2v) is 10.3. The van der Waals surface area contributed by atoms with Crippen LogP contribution in [0.5, 0.6) is 5.75 Å². The van der Waals surface area contributed by atoms with Crippen LogP contribution in [-0.4, -0.2) is 32.9 Å². The quantitative estimate of drug-likeness (QED) is 0.565. The molecule has 0 radical (unpaired) electrons. The molecule has 0 spiro atoms. The summed E-state index contributed by atoms with van der Waals surface area (Å²) in [6.07, 6.45) is -0.00478. The number of para-hydroxylation sites is 1. The van der Waals surface area contributed by atoms with Crippen LogP contribution >= 0.6 is 11.6 Å². The molecule has 5 rings (SSSR count).